The van der Waals surface area contributed by atoms with Crippen LogP contribution in [0.15, 0.2) is 0 Å². The Morgan fingerprint density at radius 1 is 1.46 bits per heavy atom. The molecule has 7 heteroatoms. The van der Waals surface area contributed by atoms with Crippen molar-refractivity contribution in [3.8, 4) is 0 Å². The van der Waals surface area contributed by atoms with E-state index in [2.05, 4.69) is 4.98 Å². The molecule has 0 unspecified atom stereocenters. The number of aromatic carboxylic acids is 1. The van der Waals surface area contributed by atoms with Crippen molar-refractivity contribution in [1.29, 1.82) is 0 Å². The van der Waals surface area contributed by atoms with Gasteiger partial charge in [0.15, 0.2) is 0 Å². The minimum Gasteiger partial charge on any atom is -0.478 e. The molecule has 3 nitrogen and oxygen atoms in total. The summed E-state index contributed by atoms with van der Waals surface area (Å²) in [5.41, 5.74) is -0.458. The molecule has 0 aliphatic carbocycles. The van der Waals surface area contributed by atoms with E-state index in [-0.39, 0.29) is 8.72 Å². The van der Waals surface area contributed by atoms with Crippen LogP contribution in [0.1, 0.15) is 10.4 Å². The largest absolute Gasteiger partial charge is 0.478 e. The number of nitrogens with zero attached hydrogens (tertiary/aromatic N) is 1. The second-order valence-electron chi connectivity index (χ2n) is 2.00. The summed E-state index contributed by atoms with van der Waals surface area (Å²) in [5.74, 6) is -2.41. The number of hydrogen-bond donors (Lipinski definition) is 1. The Hall–Kier alpha value is -0.140. The molecule has 1 rings (SSSR count). The number of carbonyl (C=O) groups is 1. The molecule has 0 saturated carbocycles. The van der Waals surface area contributed by atoms with E-state index in [1.165, 1.54) is 0 Å². The van der Waals surface area contributed by atoms with Crippen molar-refractivity contribution in [3.63, 3.8) is 0 Å². The summed E-state index contributed by atoms with van der Waals surface area (Å²) in [6, 6.07) is 0. The highest BCUT2D eigenvalue weighted by Crippen LogP contribution is 2.29. The fraction of sp³-hybridized carbons (Fsp3) is 0. The molecule has 0 amide bonds. The molecule has 0 spiro atoms. The smallest absolute Gasteiger partial charge is 0.339 e. The van der Waals surface area contributed by atoms with Crippen LogP contribution in [0.25, 0.3) is 0 Å². The van der Waals surface area contributed by atoms with Gasteiger partial charge in [-0.15, -0.1) is 0 Å². The van der Waals surface area contributed by atoms with Gasteiger partial charge in [-0.25, -0.2) is 9.78 Å². The van der Waals surface area contributed by atoms with Gasteiger partial charge < -0.3 is 5.11 Å². The highest BCUT2D eigenvalue weighted by Gasteiger charge is 2.21. The van der Waals surface area contributed by atoms with Gasteiger partial charge in [-0.3, -0.25) is 0 Å². The second kappa shape index (κ2) is 3.93. The Labute approximate surface area is 96.0 Å². The van der Waals surface area contributed by atoms with Crippen molar-refractivity contribution in [3.05, 3.63) is 25.3 Å². The zero-order chi connectivity index (χ0) is 10.2. The lowest BCUT2D eigenvalue weighted by Crippen LogP contribution is -2.04. The fourth-order valence-electron chi connectivity index (χ4n) is 0.675. The molecule has 0 atom stereocenters. The zero-order valence-corrected chi connectivity index (χ0v) is 9.48. The highest BCUT2D eigenvalue weighted by atomic mass is 127. The molecular weight excluding hydrogens is 335 g/mol. The lowest BCUT2D eigenvalue weighted by molar-refractivity contribution is 0.0696. The normalized spacial score (nSPS) is 10.2. The minimum atomic E-state index is -1.38. The van der Waals surface area contributed by atoms with Crippen molar-refractivity contribution >= 4 is 51.8 Å². The van der Waals surface area contributed by atoms with Gasteiger partial charge in [-0.1, -0.05) is 23.2 Å². The average molecular weight is 336 g/mol. The molecule has 1 N–H and O–H groups in total. The van der Waals surface area contributed by atoms with Crippen LogP contribution in [0.2, 0.25) is 10.0 Å². The van der Waals surface area contributed by atoms with Crippen LogP contribution in [0.4, 0.5) is 4.39 Å². The van der Waals surface area contributed by atoms with E-state index >= 15 is 0 Å². The molecule has 1 aromatic rings. The number of halogens is 4. The maximum Gasteiger partial charge on any atom is 0.339 e. The second-order valence-corrected chi connectivity index (χ2v) is 3.78. The molecule has 0 saturated heterocycles. The first-order chi connectivity index (χ1) is 5.95. The monoisotopic (exact) mass is 335 g/mol. The summed E-state index contributed by atoms with van der Waals surface area (Å²) in [4.78, 5) is 13.9. The molecular formula is C6HCl2FINO2. The van der Waals surface area contributed by atoms with E-state index in [0.717, 1.165) is 0 Å². The first kappa shape index (κ1) is 10.9. The summed E-state index contributed by atoms with van der Waals surface area (Å²) in [6.07, 6.45) is 0. The molecule has 0 bridgehead atoms. The number of carboxylic acid groups (broad SMARTS) is 1. The van der Waals surface area contributed by atoms with E-state index in [1.54, 1.807) is 22.6 Å². The van der Waals surface area contributed by atoms with Crippen molar-refractivity contribution in [2.24, 2.45) is 0 Å². The van der Waals surface area contributed by atoms with Crippen molar-refractivity contribution < 1.29 is 14.3 Å². The van der Waals surface area contributed by atoms with Gasteiger partial charge in [0.1, 0.15) is 14.3 Å². The predicted molar refractivity (Wildman–Crippen MR) is 53.9 cm³/mol. The van der Waals surface area contributed by atoms with Gasteiger partial charge in [-0.2, -0.15) is 4.39 Å². The molecule has 0 aliphatic heterocycles. The quantitative estimate of drug-likeness (QED) is 0.634. The van der Waals surface area contributed by atoms with Crippen LogP contribution in [0, 0.1) is 9.65 Å². The molecule has 70 valence electrons. The fourth-order valence-corrected chi connectivity index (χ4v) is 1.64. The Morgan fingerprint density at radius 3 is 2.46 bits per heavy atom. The zero-order valence-electron chi connectivity index (χ0n) is 5.81. The Balaban J connectivity index is 3.56. The summed E-state index contributed by atoms with van der Waals surface area (Å²) >= 11 is 12.5. The number of rotatable bonds is 1. The van der Waals surface area contributed by atoms with Crippen molar-refractivity contribution in [2.45, 2.75) is 0 Å². The van der Waals surface area contributed by atoms with E-state index < -0.39 is 22.5 Å². The van der Waals surface area contributed by atoms with Crippen LogP contribution in [-0.2, 0) is 0 Å². The van der Waals surface area contributed by atoms with E-state index in [4.69, 9.17) is 28.3 Å². The number of carboxylic acids is 1. The average Bonchev–Trinajstić information content (AvgIpc) is 2.01. The van der Waals surface area contributed by atoms with Gasteiger partial charge in [0.2, 0.25) is 5.95 Å². The van der Waals surface area contributed by atoms with Gasteiger partial charge in [0.25, 0.3) is 0 Å². The van der Waals surface area contributed by atoms with Gasteiger partial charge in [0, 0.05) is 0 Å². The summed E-state index contributed by atoms with van der Waals surface area (Å²) in [6.45, 7) is 0. The minimum absolute atomic E-state index is 0.0681. The summed E-state index contributed by atoms with van der Waals surface area (Å²) in [7, 11) is 0. The lowest BCUT2D eigenvalue weighted by atomic mass is 10.3. The van der Waals surface area contributed by atoms with E-state index in [9.17, 15) is 9.18 Å². The van der Waals surface area contributed by atoms with Crippen LogP contribution in [0.3, 0.4) is 0 Å². The van der Waals surface area contributed by atoms with Gasteiger partial charge in [0.05, 0.1) is 5.02 Å². The Kier molecular flexibility index (Phi) is 3.31. The first-order valence-corrected chi connectivity index (χ1v) is 4.72. The van der Waals surface area contributed by atoms with Gasteiger partial charge in [-0.05, 0) is 22.6 Å². The molecule has 1 heterocycles. The maximum atomic E-state index is 12.8. The third kappa shape index (κ3) is 2.03. The van der Waals surface area contributed by atoms with Crippen LogP contribution in [0.5, 0.6) is 0 Å². The first-order valence-electron chi connectivity index (χ1n) is 2.88. The molecule has 0 fully saturated rings. The van der Waals surface area contributed by atoms with Gasteiger partial charge >= 0.3 is 5.97 Å². The Morgan fingerprint density at radius 2 is 2.00 bits per heavy atom. The predicted octanol–water partition coefficient (Wildman–Crippen LogP) is 2.83. The van der Waals surface area contributed by atoms with Crippen molar-refractivity contribution in [2.75, 3.05) is 0 Å². The van der Waals surface area contributed by atoms with E-state index in [0.29, 0.717) is 0 Å². The third-order valence-electron chi connectivity index (χ3n) is 1.21. The van der Waals surface area contributed by atoms with Crippen molar-refractivity contribution in [1.82, 2.24) is 4.98 Å². The summed E-state index contributed by atoms with van der Waals surface area (Å²) < 4.78 is 12.9. The number of pyridine rings is 1. The third-order valence-corrected chi connectivity index (χ3v) is 3.02. The summed E-state index contributed by atoms with van der Waals surface area (Å²) in [5, 5.41) is 7.90. The van der Waals surface area contributed by atoms with E-state index in [1.807, 2.05) is 0 Å². The SMILES string of the molecule is O=C(O)c1c(Cl)c(F)nc(I)c1Cl. The standard InChI is InChI=1S/C6HCl2FINO2/c7-2-1(6(12)13)3(8)5(10)11-4(2)9/h(H,12,13). The maximum absolute atomic E-state index is 12.8. The van der Waals surface area contributed by atoms with Crippen LogP contribution < -0.4 is 0 Å². The molecule has 0 aromatic carbocycles. The van der Waals surface area contributed by atoms with Crippen LogP contribution in [-0.4, -0.2) is 16.1 Å². The molecule has 0 radical (unpaired) electrons. The Bertz CT molecular complexity index is 359. The molecule has 1 aromatic heterocycles. The number of aromatic nitrogens is 1. The molecule has 0 aliphatic rings. The topological polar surface area (TPSA) is 50.2 Å². The lowest BCUT2D eigenvalue weighted by Gasteiger charge is -2.03. The highest BCUT2D eigenvalue weighted by molar-refractivity contribution is 14.1. The number of hydrogen-bond acceptors (Lipinski definition) is 2. The molecule has 13 heavy (non-hydrogen) atoms. The van der Waals surface area contributed by atoms with Crippen LogP contribution >= 0.6 is 45.8 Å².